The Morgan fingerprint density at radius 1 is 1.10 bits per heavy atom. The summed E-state index contributed by atoms with van der Waals surface area (Å²) in [7, 11) is -3.96. The van der Waals surface area contributed by atoms with Crippen molar-refractivity contribution in [1.82, 2.24) is 0 Å². The van der Waals surface area contributed by atoms with Crippen LogP contribution in [-0.4, -0.2) is 27.4 Å². The molecule has 8 heteroatoms. The molecule has 0 aromatic heterocycles. The topological polar surface area (TPSA) is 57.7 Å². The third kappa shape index (κ3) is 3.91. The van der Waals surface area contributed by atoms with Crippen molar-refractivity contribution in [3.63, 3.8) is 0 Å². The number of halogens is 2. The van der Waals surface area contributed by atoms with Gasteiger partial charge in [-0.1, -0.05) is 29.8 Å². The lowest BCUT2D eigenvalue weighted by molar-refractivity contribution is 0.0988. The summed E-state index contributed by atoms with van der Waals surface area (Å²) in [6, 6.07) is 17.1. The minimum absolute atomic E-state index is 0.0470. The summed E-state index contributed by atoms with van der Waals surface area (Å²) in [4.78, 5) is 14.5. The third-order valence-electron chi connectivity index (χ3n) is 5.29. The van der Waals surface area contributed by atoms with E-state index >= 15 is 0 Å². The van der Waals surface area contributed by atoms with Gasteiger partial charge in [0.05, 0.1) is 10.7 Å². The number of fused-ring (bicyclic) bond motifs is 1. The number of carbonyl (C=O) groups excluding carboxylic acids is 1. The first-order chi connectivity index (χ1) is 14.8. The van der Waals surface area contributed by atoms with Gasteiger partial charge in [0.2, 0.25) is 0 Å². The normalized spacial score (nSPS) is 13.2. The number of benzene rings is 3. The van der Waals surface area contributed by atoms with Crippen molar-refractivity contribution in [3.8, 4) is 0 Å². The molecule has 1 heterocycles. The predicted octanol–water partition coefficient (Wildman–Crippen LogP) is 4.90. The third-order valence-corrected chi connectivity index (χ3v) is 7.59. The molecule has 3 aromatic rings. The summed E-state index contributed by atoms with van der Waals surface area (Å²) in [5.41, 5.74) is 2.27. The molecule has 0 radical (unpaired) electrons. The van der Waals surface area contributed by atoms with E-state index in [1.165, 1.54) is 51.7 Å². The van der Waals surface area contributed by atoms with E-state index in [9.17, 15) is 17.6 Å². The standard InChI is InChI=1S/C23H20ClFN2O3S/c1-2-26(19-10-8-18(25)9-11-19)23(28)17-7-12-20(24)22(15-17)31(29,30)27-14-13-16-5-3-4-6-21(16)27/h3-12,15H,2,13-14H2,1H3. The van der Waals surface area contributed by atoms with Crippen LogP contribution in [0.25, 0.3) is 0 Å². The van der Waals surface area contributed by atoms with Gasteiger partial charge in [-0.05, 0) is 67.4 Å². The Morgan fingerprint density at radius 3 is 2.52 bits per heavy atom. The van der Waals surface area contributed by atoms with E-state index in [-0.39, 0.29) is 15.5 Å². The highest BCUT2D eigenvalue weighted by Crippen LogP contribution is 2.35. The van der Waals surface area contributed by atoms with Crippen molar-refractivity contribution in [3.05, 3.63) is 88.7 Å². The van der Waals surface area contributed by atoms with Crippen LogP contribution in [0.15, 0.2) is 71.6 Å². The van der Waals surface area contributed by atoms with E-state index in [0.717, 1.165) is 5.56 Å². The second-order valence-corrected chi connectivity index (χ2v) is 9.36. The Morgan fingerprint density at radius 2 is 1.81 bits per heavy atom. The zero-order valence-electron chi connectivity index (χ0n) is 16.8. The van der Waals surface area contributed by atoms with Gasteiger partial charge in [-0.2, -0.15) is 0 Å². The molecule has 1 aliphatic heterocycles. The molecule has 160 valence electrons. The predicted molar refractivity (Wildman–Crippen MR) is 120 cm³/mol. The number of para-hydroxylation sites is 1. The zero-order chi connectivity index (χ0) is 22.2. The molecule has 0 aliphatic carbocycles. The average molecular weight is 459 g/mol. The maximum atomic E-state index is 13.4. The monoisotopic (exact) mass is 458 g/mol. The number of nitrogens with zero attached hydrogens (tertiary/aromatic N) is 2. The van der Waals surface area contributed by atoms with Crippen LogP contribution in [0, 0.1) is 5.82 Å². The molecule has 4 rings (SSSR count). The Kier molecular flexibility index (Phi) is 5.73. The molecule has 0 spiro atoms. The van der Waals surface area contributed by atoms with Crippen molar-refractivity contribution in [1.29, 1.82) is 0 Å². The van der Waals surface area contributed by atoms with Gasteiger partial charge in [-0.15, -0.1) is 0 Å². The van der Waals surface area contributed by atoms with Gasteiger partial charge in [-0.3, -0.25) is 9.10 Å². The van der Waals surface area contributed by atoms with E-state index in [1.54, 1.807) is 19.1 Å². The van der Waals surface area contributed by atoms with E-state index in [1.807, 2.05) is 12.1 Å². The molecular formula is C23H20ClFN2O3S. The second kappa shape index (κ2) is 8.32. The van der Waals surface area contributed by atoms with E-state index in [0.29, 0.717) is 30.9 Å². The molecule has 0 unspecified atom stereocenters. The highest BCUT2D eigenvalue weighted by atomic mass is 35.5. The van der Waals surface area contributed by atoms with Gasteiger partial charge in [-0.25, -0.2) is 12.8 Å². The first kappa shape index (κ1) is 21.3. The number of anilines is 2. The second-order valence-electron chi connectivity index (χ2n) is 7.13. The molecule has 0 atom stereocenters. The quantitative estimate of drug-likeness (QED) is 0.546. The fourth-order valence-electron chi connectivity index (χ4n) is 3.73. The van der Waals surface area contributed by atoms with Crippen LogP contribution in [0.3, 0.4) is 0 Å². The number of hydrogen-bond donors (Lipinski definition) is 0. The number of carbonyl (C=O) groups is 1. The molecule has 31 heavy (non-hydrogen) atoms. The summed E-state index contributed by atoms with van der Waals surface area (Å²) in [6.07, 6.45) is 0.611. The summed E-state index contributed by atoms with van der Waals surface area (Å²) in [5, 5.41) is 0.0470. The van der Waals surface area contributed by atoms with E-state index in [4.69, 9.17) is 11.6 Å². The molecule has 0 fully saturated rings. The Bertz CT molecular complexity index is 1250. The number of hydrogen-bond acceptors (Lipinski definition) is 3. The smallest absolute Gasteiger partial charge is 0.265 e. The fourth-order valence-corrected chi connectivity index (χ4v) is 5.74. The minimum Gasteiger partial charge on any atom is -0.309 e. The van der Waals surface area contributed by atoms with Crippen molar-refractivity contribution in [2.45, 2.75) is 18.2 Å². The zero-order valence-corrected chi connectivity index (χ0v) is 18.3. The summed E-state index contributed by atoms with van der Waals surface area (Å²) < 4.78 is 41.4. The number of sulfonamides is 1. The highest BCUT2D eigenvalue weighted by molar-refractivity contribution is 7.93. The van der Waals surface area contributed by atoms with Gasteiger partial charge in [0.25, 0.3) is 15.9 Å². The summed E-state index contributed by atoms with van der Waals surface area (Å²) >= 11 is 6.27. The van der Waals surface area contributed by atoms with Gasteiger partial charge in [0, 0.05) is 24.3 Å². The Hall–Kier alpha value is -2.90. The molecule has 1 amide bonds. The van der Waals surface area contributed by atoms with Crippen LogP contribution >= 0.6 is 11.6 Å². The van der Waals surface area contributed by atoms with Crippen LogP contribution in [0.4, 0.5) is 15.8 Å². The highest BCUT2D eigenvalue weighted by Gasteiger charge is 2.33. The first-order valence-corrected chi connectivity index (χ1v) is 11.6. The van der Waals surface area contributed by atoms with Gasteiger partial charge in [0.1, 0.15) is 10.7 Å². The number of amides is 1. The lowest BCUT2D eigenvalue weighted by atomic mass is 10.1. The molecule has 3 aromatic carbocycles. The van der Waals surface area contributed by atoms with E-state index < -0.39 is 21.7 Å². The van der Waals surface area contributed by atoms with Crippen LogP contribution < -0.4 is 9.21 Å². The van der Waals surface area contributed by atoms with Crippen LogP contribution in [0.1, 0.15) is 22.8 Å². The van der Waals surface area contributed by atoms with Crippen molar-refractivity contribution >= 4 is 38.9 Å². The maximum absolute atomic E-state index is 13.4. The molecule has 5 nitrogen and oxygen atoms in total. The fraction of sp³-hybridized carbons (Fsp3) is 0.174. The van der Waals surface area contributed by atoms with Crippen LogP contribution in [0.2, 0.25) is 5.02 Å². The minimum atomic E-state index is -3.96. The van der Waals surface area contributed by atoms with Crippen molar-refractivity contribution < 1.29 is 17.6 Å². The van der Waals surface area contributed by atoms with Crippen molar-refractivity contribution in [2.24, 2.45) is 0 Å². The summed E-state index contributed by atoms with van der Waals surface area (Å²) in [6.45, 7) is 2.43. The molecule has 0 N–H and O–H groups in total. The largest absolute Gasteiger partial charge is 0.309 e. The molecule has 0 saturated heterocycles. The molecule has 0 bridgehead atoms. The lowest BCUT2D eigenvalue weighted by Gasteiger charge is -2.23. The van der Waals surface area contributed by atoms with Gasteiger partial charge >= 0.3 is 0 Å². The van der Waals surface area contributed by atoms with E-state index in [2.05, 4.69) is 0 Å². The average Bonchev–Trinajstić information content (AvgIpc) is 3.21. The first-order valence-electron chi connectivity index (χ1n) is 9.80. The lowest BCUT2D eigenvalue weighted by Crippen LogP contribution is -2.32. The van der Waals surface area contributed by atoms with Gasteiger partial charge < -0.3 is 4.90 Å². The van der Waals surface area contributed by atoms with Gasteiger partial charge in [0.15, 0.2) is 0 Å². The molecule has 0 saturated carbocycles. The molecular weight excluding hydrogens is 439 g/mol. The summed E-state index contributed by atoms with van der Waals surface area (Å²) in [5.74, 6) is -0.804. The SMILES string of the molecule is CCN(C(=O)c1ccc(Cl)c(S(=O)(=O)N2CCc3ccccc32)c1)c1ccc(F)cc1. The maximum Gasteiger partial charge on any atom is 0.265 e. The Labute approximate surface area is 185 Å². The number of rotatable bonds is 5. The van der Waals surface area contributed by atoms with Crippen molar-refractivity contribution in [2.75, 3.05) is 22.3 Å². The molecule has 1 aliphatic rings. The van der Waals surface area contributed by atoms with Crippen LogP contribution in [-0.2, 0) is 16.4 Å². The Balaban J connectivity index is 1.72. The van der Waals surface area contributed by atoms with Crippen LogP contribution in [0.5, 0.6) is 0 Å².